The van der Waals surface area contributed by atoms with Crippen molar-refractivity contribution in [3.05, 3.63) is 11.6 Å². The molecule has 1 aliphatic rings. The Kier molecular flexibility index (Phi) is 4.34. The number of aliphatic hydroxyl groups is 1. The first-order valence-corrected chi connectivity index (χ1v) is 5.69. The number of amides is 1. The molecule has 102 valence electrons. The number of aliphatic hydroxyl groups excluding tert-OH is 1. The molecule has 6 heteroatoms. The third-order valence-electron chi connectivity index (χ3n) is 2.37. The van der Waals surface area contributed by atoms with E-state index in [-0.39, 0.29) is 6.42 Å². The summed E-state index contributed by atoms with van der Waals surface area (Å²) in [5, 5.41) is 12.2. The highest BCUT2D eigenvalue weighted by atomic mass is 16.6. The van der Waals surface area contributed by atoms with E-state index in [0.717, 1.165) is 0 Å². The van der Waals surface area contributed by atoms with E-state index >= 15 is 0 Å². The molecular weight excluding hydrogens is 238 g/mol. The summed E-state index contributed by atoms with van der Waals surface area (Å²) in [6, 6.07) is -0.561. The molecule has 1 rings (SSSR count). The van der Waals surface area contributed by atoms with Crippen molar-refractivity contribution < 1.29 is 24.2 Å². The number of hydrogen-bond donors (Lipinski definition) is 2. The first-order valence-electron chi connectivity index (χ1n) is 5.69. The van der Waals surface area contributed by atoms with Crippen molar-refractivity contribution in [1.29, 1.82) is 0 Å². The van der Waals surface area contributed by atoms with Crippen LogP contribution in [0.15, 0.2) is 11.6 Å². The molecule has 0 aliphatic heterocycles. The zero-order valence-electron chi connectivity index (χ0n) is 11.0. The van der Waals surface area contributed by atoms with Gasteiger partial charge in [0.1, 0.15) is 5.60 Å². The normalized spacial score (nSPS) is 23.3. The molecule has 1 aliphatic carbocycles. The molecule has 0 unspecified atom stereocenters. The third-order valence-corrected chi connectivity index (χ3v) is 2.37. The van der Waals surface area contributed by atoms with Gasteiger partial charge in [-0.05, 0) is 26.8 Å². The fourth-order valence-electron chi connectivity index (χ4n) is 1.63. The molecule has 1 amide bonds. The van der Waals surface area contributed by atoms with Crippen molar-refractivity contribution in [2.24, 2.45) is 0 Å². The Hall–Kier alpha value is -1.56. The summed E-state index contributed by atoms with van der Waals surface area (Å²) in [5.41, 5.74) is -0.252. The number of hydrogen-bond acceptors (Lipinski definition) is 5. The van der Waals surface area contributed by atoms with E-state index < -0.39 is 29.8 Å². The largest absolute Gasteiger partial charge is 0.466 e. The summed E-state index contributed by atoms with van der Waals surface area (Å²) < 4.78 is 9.62. The van der Waals surface area contributed by atoms with Gasteiger partial charge in [-0.15, -0.1) is 0 Å². The van der Waals surface area contributed by atoms with Crippen LogP contribution >= 0.6 is 0 Å². The summed E-state index contributed by atoms with van der Waals surface area (Å²) in [6.07, 6.45) is 0.0821. The number of esters is 1. The van der Waals surface area contributed by atoms with E-state index in [1.165, 1.54) is 13.2 Å². The molecule has 2 N–H and O–H groups in total. The first-order chi connectivity index (χ1) is 8.23. The van der Waals surface area contributed by atoms with Gasteiger partial charge in [-0.2, -0.15) is 0 Å². The van der Waals surface area contributed by atoms with Gasteiger partial charge >= 0.3 is 12.1 Å². The zero-order chi connectivity index (χ0) is 13.9. The maximum atomic E-state index is 11.5. The molecule has 0 radical (unpaired) electrons. The van der Waals surface area contributed by atoms with Gasteiger partial charge in [-0.1, -0.05) is 0 Å². The molecule has 0 bridgehead atoms. The van der Waals surface area contributed by atoms with Gasteiger partial charge in [0, 0.05) is 12.0 Å². The predicted octanol–water partition coefficient (Wildman–Crippen LogP) is 0.744. The Balaban J connectivity index is 2.52. The summed E-state index contributed by atoms with van der Waals surface area (Å²) in [6.45, 7) is 5.24. The average molecular weight is 257 g/mol. The molecule has 0 aromatic rings. The Labute approximate surface area is 106 Å². The molecule has 2 atom stereocenters. The lowest BCUT2D eigenvalue weighted by Crippen LogP contribution is -2.43. The summed E-state index contributed by atoms with van der Waals surface area (Å²) in [7, 11) is 1.27. The topological polar surface area (TPSA) is 84.9 Å². The van der Waals surface area contributed by atoms with Crippen molar-refractivity contribution in [1.82, 2.24) is 5.32 Å². The molecule has 0 saturated carbocycles. The SMILES string of the molecule is COC(=O)C1=C[C@H](O)[C@H](NC(=O)OC(C)(C)C)C1. The van der Waals surface area contributed by atoms with Crippen LogP contribution in [0.3, 0.4) is 0 Å². The van der Waals surface area contributed by atoms with E-state index in [4.69, 9.17) is 4.74 Å². The first kappa shape index (κ1) is 14.5. The van der Waals surface area contributed by atoms with Gasteiger partial charge in [0.25, 0.3) is 0 Å². The highest BCUT2D eigenvalue weighted by Gasteiger charge is 2.32. The van der Waals surface area contributed by atoms with E-state index in [2.05, 4.69) is 10.1 Å². The maximum absolute atomic E-state index is 11.5. The Bertz CT molecular complexity index is 369. The highest BCUT2D eigenvalue weighted by molar-refractivity contribution is 5.89. The summed E-state index contributed by atoms with van der Waals surface area (Å²) in [4.78, 5) is 22.8. The van der Waals surface area contributed by atoms with Crippen LogP contribution in [0, 0.1) is 0 Å². The monoisotopic (exact) mass is 257 g/mol. The smallest absolute Gasteiger partial charge is 0.407 e. The van der Waals surface area contributed by atoms with Crippen molar-refractivity contribution in [2.75, 3.05) is 7.11 Å². The van der Waals surface area contributed by atoms with Crippen LogP contribution in [-0.2, 0) is 14.3 Å². The lowest BCUT2D eigenvalue weighted by atomic mass is 10.1. The molecule has 0 fully saturated rings. The molecule has 0 spiro atoms. The summed E-state index contributed by atoms with van der Waals surface area (Å²) in [5.74, 6) is -0.498. The Morgan fingerprint density at radius 1 is 1.44 bits per heavy atom. The van der Waals surface area contributed by atoms with Crippen molar-refractivity contribution in [3.63, 3.8) is 0 Å². The fraction of sp³-hybridized carbons (Fsp3) is 0.667. The second-order valence-corrected chi connectivity index (χ2v) is 5.13. The average Bonchev–Trinajstić information content (AvgIpc) is 2.56. The number of methoxy groups -OCH3 is 1. The van der Waals surface area contributed by atoms with E-state index in [1.54, 1.807) is 20.8 Å². The predicted molar refractivity (Wildman–Crippen MR) is 63.9 cm³/mol. The van der Waals surface area contributed by atoms with Gasteiger partial charge in [0.05, 0.1) is 19.3 Å². The number of nitrogens with one attached hydrogen (secondary N) is 1. The number of carbonyl (C=O) groups is 2. The number of alkyl carbamates (subject to hydrolysis) is 1. The number of rotatable bonds is 2. The quantitative estimate of drug-likeness (QED) is 0.713. The number of ether oxygens (including phenoxy) is 2. The minimum Gasteiger partial charge on any atom is -0.466 e. The van der Waals surface area contributed by atoms with Crippen molar-refractivity contribution in [3.8, 4) is 0 Å². The molecule has 0 saturated heterocycles. The highest BCUT2D eigenvalue weighted by Crippen LogP contribution is 2.21. The molecule has 18 heavy (non-hydrogen) atoms. The third kappa shape index (κ3) is 4.03. The van der Waals surface area contributed by atoms with Crippen LogP contribution in [0.1, 0.15) is 27.2 Å². The van der Waals surface area contributed by atoms with Crippen LogP contribution < -0.4 is 5.32 Å². The molecule has 0 heterocycles. The second-order valence-electron chi connectivity index (χ2n) is 5.13. The van der Waals surface area contributed by atoms with Gasteiger partial charge in [0.15, 0.2) is 0 Å². The van der Waals surface area contributed by atoms with Crippen LogP contribution in [0.5, 0.6) is 0 Å². The standard InChI is InChI=1S/C12H19NO5/c1-12(2,3)18-11(16)13-8-5-7(6-9(8)14)10(15)17-4/h6,8-9,14H,5H2,1-4H3,(H,13,16)/t8-,9+/m1/s1. The van der Waals surface area contributed by atoms with Gasteiger partial charge in [0.2, 0.25) is 0 Å². The fourth-order valence-corrected chi connectivity index (χ4v) is 1.63. The van der Waals surface area contributed by atoms with Crippen molar-refractivity contribution in [2.45, 2.75) is 44.9 Å². The Morgan fingerprint density at radius 3 is 2.56 bits per heavy atom. The lowest BCUT2D eigenvalue weighted by molar-refractivity contribution is -0.136. The van der Waals surface area contributed by atoms with Crippen LogP contribution in [0.4, 0.5) is 4.79 Å². The zero-order valence-corrected chi connectivity index (χ0v) is 11.0. The molecule has 0 aromatic heterocycles. The Morgan fingerprint density at radius 2 is 2.06 bits per heavy atom. The van der Waals surface area contributed by atoms with Gasteiger partial charge < -0.3 is 19.9 Å². The van der Waals surface area contributed by atoms with Crippen LogP contribution in [0.25, 0.3) is 0 Å². The van der Waals surface area contributed by atoms with Crippen molar-refractivity contribution >= 4 is 12.1 Å². The van der Waals surface area contributed by atoms with Gasteiger partial charge in [-0.3, -0.25) is 0 Å². The second kappa shape index (κ2) is 5.39. The minimum absolute atomic E-state index is 0.229. The van der Waals surface area contributed by atoms with Crippen LogP contribution in [-0.4, -0.2) is 42.0 Å². The van der Waals surface area contributed by atoms with E-state index in [9.17, 15) is 14.7 Å². The molecular formula is C12H19NO5. The van der Waals surface area contributed by atoms with Gasteiger partial charge in [-0.25, -0.2) is 9.59 Å². The maximum Gasteiger partial charge on any atom is 0.407 e. The van der Waals surface area contributed by atoms with E-state index in [1.807, 2.05) is 0 Å². The molecule has 6 nitrogen and oxygen atoms in total. The number of carbonyl (C=O) groups excluding carboxylic acids is 2. The van der Waals surface area contributed by atoms with E-state index in [0.29, 0.717) is 5.57 Å². The summed E-state index contributed by atoms with van der Waals surface area (Å²) >= 11 is 0. The lowest BCUT2D eigenvalue weighted by Gasteiger charge is -2.23. The molecule has 0 aromatic carbocycles. The minimum atomic E-state index is -0.911. The van der Waals surface area contributed by atoms with Crippen LogP contribution in [0.2, 0.25) is 0 Å².